The molecule has 4 nitrogen and oxygen atoms in total. The molecule has 0 spiro atoms. The predicted octanol–water partition coefficient (Wildman–Crippen LogP) is 3.30. The number of halogens is 2. The summed E-state index contributed by atoms with van der Waals surface area (Å²) in [6, 6.07) is 4.64. The van der Waals surface area contributed by atoms with Gasteiger partial charge in [0.25, 0.3) is 0 Å². The Balaban J connectivity index is 2.65. The maximum Gasteiger partial charge on any atom is 0.337 e. The molecule has 0 aromatic heterocycles. The summed E-state index contributed by atoms with van der Waals surface area (Å²) in [5.41, 5.74) is 1.74. The van der Waals surface area contributed by atoms with E-state index in [0.717, 1.165) is 0 Å². The van der Waals surface area contributed by atoms with Crippen LogP contribution in [-0.4, -0.2) is 30.1 Å². The van der Waals surface area contributed by atoms with Crippen LogP contribution in [0.15, 0.2) is 29.5 Å². The number of hydrogen-bond donors (Lipinski definition) is 1. The van der Waals surface area contributed by atoms with Crippen molar-refractivity contribution >= 4 is 46.5 Å². The number of nitrogens with zero attached hydrogens (tertiary/aromatic N) is 1. The van der Waals surface area contributed by atoms with E-state index in [0.29, 0.717) is 32.0 Å². The number of benzene rings is 1. The van der Waals surface area contributed by atoms with Crippen molar-refractivity contribution in [3.8, 4) is 0 Å². The molecule has 1 aromatic rings. The number of carbonyl (C=O) groups excluding carboxylic acids is 1. The first-order valence-electron chi connectivity index (χ1n) is 6.15. The van der Waals surface area contributed by atoms with Crippen LogP contribution in [-0.2, 0) is 9.53 Å². The highest BCUT2D eigenvalue weighted by atomic mass is 35.5. The molecular weight excluding hydrogens is 331 g/mol. The van der Waals surface area contributed by atoms with Gasteiger partial charge in [-0.2, -0.15) is 0 Å². The molecule has 1 aliphatic heterocycles. The average Bonchev–Trinajstić information content (AvgIpc) is 2.44. The highest BCUT2D eigenvalue weighted by molar-refractivity contribution is 7.80. The summed E-state index contributed by atoms with van der Waals surface area (Å²) in [5.74, 6) is -0.449. The maximum absolute atomic E-state index is 12.2. The van der Waals surface area contributed by atoms with E-state index in [1.807, 2.05) is 0 Å². The number of nitrogens with one attached hydrogen (secondary N) is 1. The number of hydrogen-bond acceptors (Lipinski definition) is 3. The SMILES string of the molecule is COC(=O)C1=C(C)N(C)C(=S)NC1c1c(Cl)cccc1Cl. The van der Waals surface area contributed by atoms with E-state index in [2.05, 4.69) is 5.32 Å². The Morgan fingerprint density at radius 2 is 1.95 bits per heavy atom. The number of carbonyl (C=O) groups is 1. The first-order chi connectivity index (χ1) is 9.88. The standard InChI is InChI=1S/C14H14Cl2N2O2S/c1-7-10(13(19)20-3)12(17-14(21)18(7)2)11-8(15)5-4-6-9(11)16/h4-6,12H,1-3H3,(H,17,21). The van der Waals surface area contributed by atoms with Crippen molar-refractivity contribution in [2.75, 3.05) is 14.2 Å². The largest absolute Gasteiger partial charge is 0.466 e. The number of thiocarbonyl (C=S) groups is 1. The third-order valence-corrected chi connectivity index (χ3v) is 4.50. The zero-order valence-corrected chi connectivity index (χ0v) is 14.1. The number of esters is 1. The summed E-state index contributed by atoms with van der Waals surface area (Å²) in [6.07, 6.45) is 0. The smallest absolute Gasteiger partial charge is 0.337 e. The van der Waals surface area contributed by atoms with Crippen LogP contribution in [0.1, 0.15) is 18.5 Å². The van der Waals surface area contributed by atoms with Gasteiger partial charge in [-0.25, -0.2) is 4.79 Å². The second-order valence-electron chi connectivity index (χ2n) is 4.57. The van der Waals surface area contributed by atoms with Gasteiger partial charge < -0.3 is 15.0 Å². The Morgan fingerprint density at radius 3 is 2.48 bits per heavy atom. The number of ether oxygens (including phenoxy) is 1. The van der Waals surface area contributed by atoms with Gasteiger partial charge in [-0.1, -0.05) is 29.3 Å². The van der Waals surface area contributed by atoms with Crippen LogP contribution in [0.3, 0.4) is 0 Å². The summed E-state index contributed by atoms with van der Waals surface area (Å²) in [5, 5.41) is 4.50. The van der Waals surface area contributed by atoms with E-state index in [4.69, 9.17) is 40.2 Å². The molecule has 0 radical (unpaired) electrons. The fourth-order valence-electron chi connectivity index (χ4n) is 2.21. The van der Waals surface area contributed by atoms with Crippen molar-refractivity contribution < 1.29 is 9.53 Å². The van der Waals surface area contributed by atoms with Crippen LogP contribution in [0.25, 0.3) is 0 Å². The van der Waals surface area contributed by atoms with Crippen LogP contribution >= 0.6 is 35.4 Å². The van der Waals surface area contributed by atoms with E-state index >= 15 is 0 Å². The van der Waals surface area contributed by atoms with Gasteiger partial charge in [0, 0.05) is 28.4 Å². The lowest BCUT2D eigenvalue weighted by atomic mass is 9.95. The van der Waals surface area contributed by atoms with Gasteiger partial charge in [0.1, 0.15) is 0 Å². The normalized spacial score (nSPS) is 18.6. The summed E-state index contributed by atoms with van der Waals surface area (Å²) >= 11 is 17.8. The van der Waals surface area contributed by atoms with E-state index < -0.39 is 12.0 Å². The van der Waals surface area contributed by atoms with Gasteiger partial charge in [-0.15, -0.1) is 0 Å². The van der Waals surface area contributed by atoms with Crippen LogP contribution in [0, 0.1) is 0 Å². The molecule has 2 rings (SSSR count). The maximum atomic E-state index is 12.2. The first-order valence-corrected chi connectivity index (χ1v) is 7.32. The Labute approximate surface area is 138 Å². The molecule has 1 aromatic carbocycles. The van der Waals surface area contributed by atoms with E-state index in [9.17, 15) is 4.79 Å². The van der Waals surface area contributed by atoms with Crippen molar-refractivity contribution in [1.82, 2.24) is 10.2 Å². The Morgan fingerprint density at radius 1 is 1.38 bits per heavy atom. The van der Waals surface area contributed by atoms with Gasteiger partial charge in [0.05, 0.1) is 18.7 Å². The molecule has 0 bridgehead atoms. The highest BCUT2D eigenvalue weighted by Crippen LogP contribution is 2.38. The minimum Gasteiger partial charge on any atom is -0.466 e. The monoisotopic (exact) mass is 344 g/mol. The molecule has 112 valence electrons. The summed E-state index contributed by atoms with van der Waals surface area (Å²) < 4.78 is 4.88. The minimum atomic E-state index is -0.539. The third-order valence-electron chi connectivity index (χ3n) is 3.45. The number of methoxy groups -OCH3 is 1. The highest BCUT2D eigenvalue weighted by Gasteiger charge is 2.35. The van der Waals surface area contributed by atoms with E-state index in [-0.39, 0.29) is 0 Å². The molecule has 1 unspecified atom stereocenters. The Hall–Kier alpha value is -1.30. The second-order valence-corrected chi connectivity index (χ2v) is 5.77. The quantitative estimate of drug-likeness (QED) is 0.658. The fourth-order valence-corrected chi connectivity index (χ4v) is 3.08. The zero-order chi connectivity index (χ0) is 15.7. The van der Waals surface area contributed by atoms with Gasteiger partial charge in [0.2, 0.25) is 0 Å². The molecule has 1 aliphatic rings. The lowest BCUT2D eigenvalue weighted by Gasteiger charge is -2.35. The molecule has 1 N–H and O–H groups in total. The molecule has 0 aliphatic carbocycles. The van der Waals surface area contributed by atoms with Gasteiger partial charge in [-0.3, -0.25) is 0 Å². The second kappa shape index (κ2) is 6.22. The van der Waals surface area contributed by atoms with Gasteiger partial charge in [-0.05, 0) is 31.3 Å². The minimum absolute atomic E-state index is 0.434. The zero-order valence-electron chi connectivity index (χ0n) is 11.7. The van der Waals surface area contributed by atoms with Crippen LogP contribution < -0.4 is 5.32 Å². The predicted molar refractivity (Wildman–Crippen MR) is 87.4 cm³/mol. The van der Waals surface area contributed by atoms with Crippen LogP contribution in [0.2, 0.25) is 10.0 Å². The van der Waals surface area contributed by atoms with Crippen molar-refractivity contribution in [1.29, 1.82) is 0 Å². The molecule has 1 heterocycles. The van der Waals surface area contributed by atoms with E-state index in [1.165, 1.54) is 7.11 Å². The van der Waals surface area contributed by atoms with Crippen LogP contribution in [0.5, 0.6) is 0 Å². The van der Waals surface area contributed by atoms with Crippen molar-refractivity contribution in [2.24, 2.45) is 0 Å². The molecule has 0 saturated carbocycles. The third kappa shape index (κ3) is 2.86. The van der Waals surface area contributed by atoms with Crippen molar-refractivity contribution in [3.05, 3.63) is 45.1 Å². The topological polar surface area (TPSA) is 41.6 Å². The van der Waals surface area contributed by atoms with Gasteiger partial charge >= 0.3 is 5.97 Å². The Kier molecular flexibility index (Phi) is 4.76. The molecule has 7 heteroatoms. The number of allylic oxidation sites excluding steroid dienone is 1. The number of rotatable bonds is 2. The summed E-state index contributed by atoms with van der Waals surface area (Å²) in [6.45, 7) is 1.80. The average molecular weight is 345 g/mol. The molecule has 0 fully saturated rings. The molecular formula is C14H14Cl2N2O2S. The van der Waals surface area contributed by atoms with Crippen molar-refractivity contribution in [2.45, 2.75) is 13.0 Å². The first kappa shape index (κ1) is 16.1. The molecule has 0 amide bonds. The fraction of sp³-hybridized carbons (Fsp3) is 0.286. The summed E-state index contributed by atoms with van der Waals surface area (Å²) in [7, 11) is 3.11. The van der Waals surface area contributed by atoms with Gasteiger partial charge in [0.15, 0.2) is 5.11 Å². The summed E-state index contributed by atoms with van der Waals surface area (Å²) in [4.78, 5) is 13.9. The van der Waals surface area contributed by atoms with Crippen LogP contribution in [0.4, 0.5) is 0 Å². The molecule has 0 saturated heterocycles. The molecule has 21 heavy (non-hydrogen) atoms. The van der Waals surface area contributed by atoms with Crippen molar-refractivity contribution in [3.63, 3.8) is 0 Å². The molecule has 1 atom stereocenters. The van der Waals surface area contributed by atoms with E-state index in [1.54, 1.807) is 37.1 Å². The Bertz CT molecular complexity index is 626. The lowest BCUT2D eigenvalue weighted by Crippen LogP contribution is -2.46. The lowest BCUT2D eigenvalue weighted by molar-refractivity contribution is -0.136.